The third-order valence-corrected chi connectivity index (χ3v) is 2.73. The molecule has 0 amide bonds. The number of hydrogen-bond acceptors (Lipinski definition) is 2. The molecule has 0 aromatic carbocycles. The van der Waals surface area contributed by atoms with Crippen molar-refractivity contribution in [3.05, 3.63) is 0 Å². The summed E-state index contributed by atoms with van der Waals surface area (Å²) in [5.41, 5.74) is 0.452. The predicted molar refractivity (Wildman–Crippen MR) is 54.2 cm³/mol. The summed E-state index contributed by atoms with van der Waals surface area (Å²) in [4.78, 5) is 2.43. The Morgan fingerprint density at radius 1 is 1.54 bits per heavy atom. The van der Waals surface area contributed by atoms with Gasteiger partial charge in [0.25, 0.3) is 0 Å². The van der Waals surface area contributed by atoms with E-state index in [2.05, 4.69) is 24.8 Å². The standard InChI is InChI=1S/C11H20N2/c1-10(7-12)8-13-6-4-5-11(2,3)9-13/h10H,4-6,8-9H2,1-3H3. The number of likely N-dealkylation sites (tertiary alicyclic amines) is 1. The molecule has 0 spiro atoms. The minimum Gasteiger partial charge on any atom is -0.302 e. The Labute approximate surface area is 81.5 Å². The van der Waals surface area contributed by atoms with Crippen LogP contribution < -0.4 is 0 Å². The van der Waals surface area contributed by atoms with E-state index in [0.29, 0.717) is 5.41 Å². The van der Waals surface area contributed by atoms with Gasteiger partial charge in [-0.15, -0.1) is 0 Å². The van der Waals surface area contributed by atoms with Crippen molar-refractivity contribution < 1.29 is 0 Å². The van der Waals surface area contributed by atoms with E-state index >= 15 is 0 Å². The van der Waals surface area contributed by atoms with Gasteiger partial charge in [0.2, 0.25) is 0 Å². The van der Waals surface area contributed by atoms with E-state index in [9.17, 15) is 0 Å². The quantitative estimate of drug-likeness (QED) is 0.652. The van der Waals surface area contributed by atoms with Crippen LogP contribution in [0.4, 0.5) is 0 Å². The largest absolute Gasteiger partial charge is 0.302 e. The van der Waals surface area contributed by atoms with Crippen LogP contribution in [0.2, 0.25) is 0 Å². The second-order valence-corrected chi connectivity index (χ2v) is 5.03. The highest BCUT2D eigenvalue weighted by molar-refractivity contribution is 4.85. The van der Waals surface area contributed by atoms with Gasteiger partial charge in [-0.05, 0) is 31.7 Å². The van der Waals surface area contributed by atoms with E-state index < -0.39 is 0 Å². The van der Waals surface area contributed by atoms with E-state index in [1.54, 1.807) is 0 Å². The van der Waals surface area contributed by atoms with E-state index in [4.69, 9.17) is 5.26 Å². The SMILES string of the molecule is CC(C#N)CN1CCCC(C)(C)C1. The predicted octanol–water partition coefficient (Wildman–Crippen LogP) is 2.27. The summed E-state index contributed by atoms with van der Waals surface area (Å²) < 4.78 is 0. The Balaban J connectivity index is 2.40. The fourth-order valence-corrected chi connectivity index (χ4v) is 2.13. The highest BCUT2D eigenvalue weighted by Crippen LogP contribution is 2.28. The van der Waals surface area contributed by atoms with Gasteiger partial charge in [-0.2, -0.15) is 5.26 Å². The first-order valence-corrected chi connectivity index (χ1v) is 5.15. The number of piperidine rings is 1. The van der Waals surface area contributed by atoms with E-state index in [0.717, 1.165) is 13.1 Å². The molecule has 2 nitrogen and oxygen atoms in total. The van der Waals surface area contributed by atoms with Gasteiger partial charge in [0.15, 0.2) is 0 Å². The molecule has 1 unspecified atom stereocenters. The van der Waals surface area contributed by atoms with Crippen molar-refractivity contribution >= 4 is 0 Å². The molecule has 0 saturated carbocycles. The first-order chi connectivity index (χ1) is 6.03. The van der Waals surface area contributed by atoms with Crippen LogP contribution in [-0.4, -0.2) is 24.5 Å². The molecule has 2 heteroatoms. The molecule has 0 radical (unpaired) electrons. The van der Waals surface area contributed by atoms with Crippen LogP contribution in [0, 0.1) is 22.7 Å². The molecule has 1 rings (SSSR count). The van der Waals surface area contributed by atoms with Crippen LogP contribution in [0.25, 0.3) is 0 Å². The maximum Gasteiger partial charge on any atom is 0.0666 e. The lowest BCUT2D eigenvalue weighted by molar-refractivity contribution is 0.111. The van der Waals surface area contributed by atoms with E-state index in [-0.39, 0.29) is 5.92 Å². The minimum absolute atomic E-state index is 0.175. The summed E-state index contributed by atoms with van der Waals surface area (Å²) in [5.74, 6) is 0.175. The van der Waals surface area contributed by atoms with Crippen molar-refractivity contribution in [1.29, 1.82) is 5.26 Å². The lowest BCUT2D eigenvalue weighted by Gasteiger charge is -2.38. The second kappa shape index (κ2) is 4.11. The number of rotatable bonds is 2. The van der Waals surface area contributed by atoms with Gasteiger partial charge < -0.3 is 4.90 Å². The van der Waals surface area contributed by atoms with Gasteiger partial charge in [0, 0.05) is 13.1 Å². The van der Waals surface area contributed by atoms with Crippen molar-refractivity contribution in [2.45, 2.75) is 33.6 Å². The van der Waals surface area contributed by atoms with Crippen molar-refractivity contribution in [3.63, 3.8) is 0 Å². The van der Waals surface area contributed by atoms with Gasteiger partial charge in [-0.25, -0.2) is 0 Å². The molecule has 0 bridgehead atoms. The van der Waals surface area contributed by atoms with Gasteiger partial charge in [-0.1, -0.05) is 13.8 Å². The highest BCUT2D eigenvalue weighted by atomic mass is 15.1. The lowest BCUT2D eigenvalue weighted by Crippen LogP contribution is -2.41. The van der Waals surface area contributed by atoms with Gasteiger partial charge >= 0.3 is 0 Å². The molecular weight excluding hydrogens is 160 g/mol. The van der Waals surface area contributed by atoms with Gasteiger partial charge in [-0.3, -0.25) is 0 Å². The molecule has 0 aromatic heterocycles. The first kappa shape index (κ1) is 10.5. The third kappa shape index (κ3) is 3.36. The maximum absolute atomic E-state index is 8.72. The Morgan fingerprint density at radius 2 is 2.23 bits per heavy atom. The third-order valence-electron chi connectivity index (χ3n) is 2.73. The summed E-state index contributed by atoms with van der Waals surface area (Å²) >= 11 is 0. The average molecular weight is 180 g/mol. The number of hydrogen-bond donors (Lipinski definition) is 0. The molecule has 0 aliphatic carbocycles. The second-order valence-electron chi connectivity index (χ2n) is 5.03. The summed E-state index contributed by atoms with van der Waals surface area (Å²) in [6.07, 6.45) is 2.61. The molecular formula is C11H20N2. The topological polar surface area (TPSA) is 27.0 Å². The Bertz CT molecular complexity index is 203. The van der Waals surface area contributed by atoms with Crippen molar-refractivity contribution in [3.8, 4) is 6.07 Å². The van der Waals surface area contributed by atoms with Crippen LogP contribution in [0.15, 0.2) is 0 Å². The first-order valence-electron chi connectivity index (χ1n) is 5.15. The number of nitriles is 1. The van der Waals surface area contributed by atoms with E-state index in [1.165, 1.54) is 19.4 Å². The molecule has 1 atom stereocenters. The monoisotopic (exact) mass is 180 g/mol. The van der Waals surface area contributed by atoms with Crippen LogP contribution in [-0.2, 0) is 0 Å². The number of nitrogens with zero attached hydrogens (tertiary/aromatic N) is 2. The van der Waals surface area contributed by atoms with E-state index in [1.807, 2.05) is 6.92 Å². The van der Waals surface area contributed by atoms with Crippen LogP contribution in [0.5, 0.6) is 0 Å². The van der Waals surface area contributed by atoms with Crippen LogP contribution >= 0.6 is 0 Å². The highest BCUT2D eigenvalue weighted by Gasteiger charge is 2.26. The zero-order valence-corrected chi connectivity index (χ0v) is 9.01. The van der Waals surface area contributed by atoms with Crippen molar-refractivity contribution in [2.75, 3.05) is 19.6 Å². The Morgan fingerprint density at radius 3 is 2.77 bits per heavy atom. The zero-order chi connectivity index (χ0) is 9.90. The molecule has 74 valence electrons. The maximum atomic E-state index is 8.72. The van der Waals surface area contributed by atoms with Crippen molar-refractivity contribution in [1.82, 2.24) is 4.90 Å². The van der Waals surface area contributed by atoms with Crippen LogP contribution in [0.3, 0.4) is 0 Å². The molecule has 0 aromatic rings. The molecule has 1 heterocycles. The Hall–Kier alpha value is -0.550. The smallest absolute Gasteiger partial charge is 0.0666 e. The normalized spacial score (nSPS) is 25.1. The molecule has 1 aliphatic heterocycles. The molecule has 0 N–H and O–H groups in total. The Kier molecular flexibility index (Phi) is 3.33. The fraction of sp³-hybridized carbons (Fsp3) is 0.909. The summed E-state index contributed by atoms with van der Waals surface area (Å²) in [7, 11) is 0. The summed E-state index contributed by atoms with van der Waals surface area (Å²) in [6.45, 7) is 9.91. The van der Waals surface area contributed by atoms with Gasteiger partial charge in [0.05, 0.1) is 12.0 Å². The fourth-order valence-electron chi connectivity index (χ4n) is 2.13. The van der Waals surface area contributed by atoms with Crippen molar-refractivity contribution in [2.24, 2.45) is 11.3 Å². The minimum atomic E-state index is 0.175. The average Bonchev–Trinajstić information content (AvgIpc) is 2.02. The summed E-state index contributed by atoms with van der Waals surface area (Å²) in [6, 6.07) is 2.30. The lowest BCUT2D eigenvalue weighted by atomic mass is 9.84. The summed E-state index contributed by atoms with van der Waals surface area (Å²) in [5, 5.41) is 8.72. The zero-order valence-electron chi connectivity index (χ0n) is 9.01. The molecule has 1 saturated heterocycles. The van der Waals surface area contributed by atoms with Crippen LogP contribution in [0.1, 0.15) is 33.6 Å². The van der Waals surface area contributed by atoms with Gasteiger partial charge in [0.1, 0.15) is 0 Å². The molecule has 1 fully saturated rings. The molecule has 13 heavy (non-hydrogen) atoms. The molecule has 1 aliphatic rings.